The molecule has 0 radical (unpaired) electrons. The van der Waals surface area contributed by atoms with Gasteiger partial charge in [-0.15, -0.1) is 0 Å². The molecule has 0 saturated heterocycles. The zero-order valence-electron chi connectivity index (χ0n) is 16.0. The third-order valence-electron chi connectivity index (χ3n) is 4.36. The Morgan fingerprint density at radius 3 is 2.55 bits per heavy atom. The molecule has 0 saturated carbocycles. The molecule has 4 rings (SSSR count). The first-order valence-corrected chi connectivity index (χ1v) is 10.6. The predicted octanol–water partition coefficient (Wildman–Crippen LogP) is 7.43. The zero-order valence-corrected chi connectivity index (χ0v) is 19.0. The normalized spacial score (nSPS) is 11.0. The summed E-state index contributed by atoms with van der Waals surface area (Å²) in [5.74, 6) is 0.230. The Bertz CT molecular complexity index is 1300. The topological polar surface area (TPSA) is 64.4 Å². The minimum atomic E-state index is -0.436. The molecule has 0 aliphatic rings. The van der Waals surface area contributed by atoms with E-state index in [1.807, 2.05) is 25.1 Å². The molecule has 1 heterocycles. The number of amides is 1. The lowest BCUT2D eigenvalue weighted by atomic mass is 10.2. The van der Waals surface area contributed by atoms with E-state index in [1.54, 1.807) is 18.2 Å². The van der Waals surface area contributed by atoms with Gasteiger partial charge in [0.15, 0.2) is 12.2 Å². The van der Waals surface area contributed by atoms with Crippen molar-refractivity contribution in [2.75, 3.05) is 11.9 Å². The van der Waals surface area contributed by atoms with Gasteiger partial charge in [0.2, 0.25) is 5.89 Å². The van der Waals surface area contributed by atoms with Gasteiger partial charge in [-0.25, -0.2) is 4.98 Å². The van der Waals surface area contributed by atoms with E-state index in [0.29, 0.717) is 32.8 Å². The van der Waals surface area contributed by atoms with E-state index in [2.05, 4.69) is 10.3 Å². The number of ether oxygens (including phenoxy) is 1. The molecule has 158 valence electrons. The number of halogens is 4. The Morgan fingerprint density at radius 1 is 0.968 bits per heavy atom. The van der Waals surface area contributed by atoms with Crippen LogP contribution in [0, 0.1) is 6.92 Å². The van der Waals surface area contributed by atoms with Crippen LogP contribution >= 0.6 is 46.4 Å². The number of nitrogens with one attached hydrogen (secondary N) is 1. The van der Waals surface area contributed by atoms with E-state index in [-0.39, 0.29) is 22.4 Å². The Balaban J connectivity index is 1.50. The highest BCUT2D eigenvalue weighted by Gasteiger charge is 2.14. The van der Waals surface area contributed by atoms with Crippen molar-refractivity contribution in [3.63, 3.8) is 0 Å². The van der Waals surface area contributed by atoms with Gasteiger partial charge in [0, 0.05) is 11.6 Å². The van der Waals surface area contributed by atoms with Crippen LogP contribution in [0.5, 0.6) is 5.75 Å². The third-order valence-corrected chi connectivity index (χ3v) is 5.71. The van der Waals surface area contributed by atoms with Gasteiger partial charge < -0.3 is 14.5 Å². The zero-order chi connectivity index (χ0) is 22.1. The summed E-state index contributed by atoms with van der Waals surface area (Å²) in [6.45, 7) is 1.68. The monoisotopic (exact) mass is 494 g/mol. The van der Waals surface area contributed by atoms with E-state index in [4.69, 9.17) is 55.6 Å². The van der Waals surface area contributed by atoms with Crippen LogP contribution in [0.2, 0.25) is 20.1 Å². The average molecular weight is 496 g/mol. The third kappa shape index (κ3) is 4.91. The Kier molecular flexibility index (Phi) is 6.30. The number of rotatable bonds is 5. The lowest BCUT2D eigenvalue weighted by Crippen LogP contribution is -2.20. The maximum atomic E-state index is 12.4. The first-order valence-electron chi connectivity index (χ1n) is 9.04. The van der Waals surface area contributed by atoms with E-state index >= 15 is 0 Å². The molecule has 9 heteroatoms. The molecule has 4 aromatic rings. The fraction of sp³-hybridized carbons (Fsp3) is 0.0909. The van der Waals surface area contributed by atoms with Crippen LogP contribution in [0.3, 0.4) is 0 Å². The fourth-order valence-corrected chi connectivity index (χ4v) is 3.62. The second-order valence-corrected chi connectivity index (χ2v) is 8.35. The first kappa shape index (κ1) is 21.8. The number of nitrogens with zero attached hydrogens (tertiary/aromatic N) is 1. The second-order valence-electron chi connectivity index (χ2n) is 6.72. The largest absolute Gasteiger partial charge is 0.482 e. The minimum Gasteiger partial charge on any atom is -0.482 e. The Hall–Kier alpha value is -2.44. The van der Waals surface area contributed by atoms with E-state index < -0.39 is 5.91 Å². The standard InChI is InChI=1S/C22H14Cl4N2O3/c1-11-2-5-19-18(6-11)28-22(31-19)12-3-4-13(23)17(7-12)27-21(29)10-30-20-9-15(25)14(24)8-16(20)26/h2-9H,10H2,1H3,(H,27,29). The number of aromatic nitrogens is 1. The van der Waals surface area contributed by atoms with Crippen molar-refractivity contribution >= 4 is 69.1 Å². The van der Waals surface area contributed by atoms with Crippen LogP contribution in [-0.4, -0.2) is 17.5 Å². The molecule has 0 bridgehead atoms. The van der Waals surface area contributed by atoms with Crippen LogP contribution in [0.15, 0.2) is 52.9 Å². The van der Waals surface area contributed by atoms with Crippen LogP contribution < -0.4 is 10.1 Å². The molecule has 0 aliphatic heterocycles. The summed E-state index contributed by atoms with van der Waals surface area (Å²) < 4.78 is 11.3. The molecule has 31 heavy (non-hydrogen) atoms. The van der Waals surface area contributed by atoms with Crippen molar-refractivity contribution in [2.24, 2.45) is 0 Å². The summed E-state index contributed by atoms with van der Waals surface area (Å²) in [4.78, 5) is 16.9. The van der Waals surface area contributed by atoms with E-state index in [1.165, 1.54) is 12.1 Å². The molecule has 0 aliphatic carbocycles. The summed E-state index contributed by atoms with van der Waals surface area (Å²) in [5, 5.41) is 3.88. The minimum absolute atomic E-state index is 0.243. The molecule has 0 spiro atoms. The van der Waals surface area contributed by atoms with Gasteiger partial charge in [-0.3, -0.25) is 4.79 Å². The predicted molar refractivity (Wildman–Crippen MR) is 125 cm³/mol. The molecular weight excluding hydrogens is 482 g/mol. The highest BCUT2D eigenvalue weighted by molar-refractivity contribution is 6.43. The Morgan fingerprint density at radius 2 is 1.74 bits per heavy atom. The van der Waals surface area contributed by atoms with Gasteiger partial charge in [-0.05, 0) is 48.9 Å². The van der Waals surface area contributed by atoms with Crippen molar-refractivity contribution in [3.8, 4) is 17.2 Å². The SMILES string of the molecule is Cc1ccc2oc(-c3ccc(Cl)c(NC(=O)COc4cc(Cl)c(Cl)cc4Cl)c3)nc2c1. The lowest BCUT2D eigenvalue weighted by molar-refractivity contribution is -0.118. The van der Waals surface area contributed by atoms with Crippen molar-refractivity contribution in [1.82, 2.24) is 4.98 Å². The van der Waals surface area contributed by atoms with Crippen LogP contribution in [0.1, 0.15) is 5.56 Å². The van der Waals surface area contributed by atoms with Crippen molar-refractivity contribution < 1.29 is 13.9 Å². The van der Waals surface area contributed by atoms with Gasteiger partial charge in [0.25, 0.3) is 5.91 Å². The molecule has 5 nitrogen and oxygen atoms in total. The molecule has 1 N–H and O–H groups in total. The number of hydrogen-bond acceptors (Lipinski definition) is 4. The number of fused-ring (bicyclic) bond motifs is 1. The Labute approximate surface area is 197 Å². The highest BCUT2D eigenvalue weighted by atomic mass is 35.5. The van der Waals surface area contributed by atoms with Crippen LogP contribution in [0.25, 0.3) is 22.6 Å². The van der Waals surface area contributed by atoms with Crippen molar-refractivity contribution in [2.45, 2.75) is 6.92 Å². The number of oxazole rings is 1. The molecule has 3 aromatic carbocycles. The number of aryl methyl sites for hydroxylation is 1. The second kappa shape index (κ2) is 8.97. The molecule has 0 fully saturated rings. The van der Waals surface area contributed by atoms with E-state index in [9.17, 15) is 4.79 Å². The van der Waals surface area contributed by atoms with Crippen LogP contribution in [-0.2, 0) is 4.79 Å². The first-order chi connectivity index (χ1) is 14.8. The summed E-state index contributed by atoms with van der Waals surface area (Å²) in [7, 11) is 0. The van der Waals surface area contributed by atoms with Crippen molar-refractivity contribution in [3.05, 3.63) is 74.2 Å². The van der Waals surface area contributed by atoms with E-state index in [0.717, 1.165) is 11.1 Å². The number of hydrogen-bond donors (Lipinski definition) is 1. The highest BCUT2D eigenvalue weighted by Crippen LogP contribution is 2.34. The number of carbonyl (C=O) groups is 1. The average Bonchev–Trinajstić information content (AvgIpc) is 3.14. The number of carbonyl (C=O) groups excluding carboxylic acids is 1. The maximum absolute atomic E-state index is 12.4. The quantitative estimate of drug-likeness (QED) is 0.292. The van der Waals surface area contributed by atoms with Gasteiger partial charge in [0.1, 0.15) is 11.3 Å². The molecule has 0 atom stereocenters. The van der Waals surface area contributed by atoms with Gasteiger partial charge in [-0.2, -0.15) is 0 Å². The molecule has 1 amide bonds. The number of anilines is 1. The molecule has 0 unspecified atom stereocenters. The number of benzene rings is 3. The van der Waals surface area contributed by atoms with Gasteiger partial charge in [-0.1, -0.05) is 52.5 Å². The fourth-order valence-electron chi connectivity index (χ4n) is 2.86. The summed E-state index contributed by atoms with van der Waals surface area (Å²) in [5.41, 5.74) is 3.57. The molecule has 1 aromatic heterocycles. The summed E-state index contributed by atoms with van der Waals surface area (Å²) in [6.07, 6.45) is 0. The van der Waals surface area contributed by atoms with Gasteiger partial charge >= 0.3 is 0 Å². The summed E-state index contributed by atoms with van der Waals surface area (Å²) >= 11 is 24.2. The van der Waals surface area contributed by atoms with Crippen LogP contribution in [0.4, 0.5) is 5.69 Å². The lowest BCUT2D eigenvalue weighted by Gasteiger charge is -2.11. The smallest absolute Gasteiger partial charge is 0.262 e. The maximum Gasteiger partial charge on any atom is 0.262 e. The summed E-state index contributed by atoms with van der Waals surface area (Å²) in [6, 6.07) is 13.8. The van der Waals surface area contributed by atoms with Gasteiger partial charge in [0.05, 0.1) is 25.8 Å². The molecular formula is C22H14Cl4N2O3. The van der Waals surface area contributed by atoms with Crippen molar-refractivity contribution in [1.29, 1.82) is 0 Å².